The molecule has 0 radical (unpaired) electrons. The summed E-state index contributed by atoms with van der Waals surface area (Å²) in [5, 5.41) is 0. The van der Waals surface area contributed by atoms with E-state index in [9.17, 15) is 8.42 Å². The van der Waals surface area contributed by atoms with Gasteiger partial charge in [-0.3, -0.25) is 0 Å². The van der Waals surface area contributed by atoms with E-state index in [1.807, 2.05) is 13.8 Å². The number of nitrogens with two attached hydrogens (primary N) is 1. The first-order valence-corrected chi connectivity index (χ1v) is 7.66. The summed E-state index contributed by atoms with van der Waals surface area (Å²) in [6, 6.07) is 0. The molecule has 0 saturated heterocycles. The third-order valence-electron chi connectivity index (χ3n) is 3.39. The average Bonchev–Trinajstić information content (AvgIpc) is 2.83. The van der Waals surface area contributed by atoms with E-state index in [-0.39, 0.29) is 11.3 Å². The van der Waals surface area contributed by atoms with Crippen LogP contribution < -0.4 is 5.73 Å². The highest BCUT2D eigenvalue weighted by Gasteiger charge is 2.45. The van der Waals surface area contributed by atoms with Crippen LogP contribution in [-0.2, 0) is 9.84 Å². The molecule has 0 aromatic carbocycles. The van der Waals surface area contributed by atoms with Gasteiger partial charge in [-0.25, -0.2) is 8.42 Å². The lowest BCUT2D eigenvalue weighted by Crippen LogP contribution is -2.24. The Morgan fingerprint density at radius 1 is 1.40 bits per heavy atom. The zero-order chi connectivity index (χ0) is 11.5. The van der Waals surface area contributed by atoms with Crippen molar-refractivity contribution in [2.75, 3.05) is 18.1 Å². The summed E-state index contributed by atoms with van der Waals surface area (Å²) in [5.74, 6) is 0.987. The molecule has 0 aliphatic heterocycles. The first-order chi connectivity index (χ1) is 6.93. The molecular formula is C11H23NO2S. The maximum Gasteiger partial charge on any atom is 0.151 e. The van der Waals surface area contributed by atoms with E-state index in [0.29, 0.717) is 18.1 Å². The molecular weight excluding hydrogens is 210 g/mol. The maximum absolute atomic E-state index is 11.9. The van der Waals surface area contributed by atoms with Crippen LogP contribution in [0.3, 0.4) is 0 Å². The van der Waals surface area contributed by atoms with Gasteiger partial charge >= 0.3 is 0 Å². The molecule has 1 rings (SSSR count). The molecule has 2 N–H and O–H groups in total. The van der Waals surface area contributed by atoms with Crippen molar-refractivity contribution in [3.63, 3.8) is 0 Å². The van der Waals surface area contributed by atoms with E-state index < -0.39 is 9.84 Å². The van der Waals surface area contributed by atoms with Crippen LogP contribution >= 0.6 is 0 Å². The molecule has 1 aliphatic rings. The van der Waals surface area contributed by atoms with Gasteiger partial charge in [-0.05, 0) is 37.1 Å². The number of hydrogen-bond donors (Lipinski definition) is 1. The Morgan fingerprint density at radius 3 is 2.40 bits per heavy atom. The largest absolute Gasteiger partial charge is 0.330 e. The highest BCUT2D eigenvalue weighted by atomic mass is 32.2. The molecule has 1 fully saturated rings. The lowest BCUT2D eigenvalue weighted by Gasteiger charge is -2.16. The predicted octanol–water partition coefficient (Wildman–Crippen LogP) is 1.58. The molecule has 3 nitrogen and oxygen atoms in total. The van der Waals surface area contributed by atoms with E-state index in [0.717, 1.165) is 25.7 Å². The van der Waals surface area contributed by atoms with E-state index in [2.05, 4.69) is 0 Å². The maximum atomic E-state index is 11.9. The molecule has 90 valence electrons. The van der Waals surface area contributed by atoms with Gasteiger partial charge in [0.25, 0.3) is 0 Å². The zero-order valence-electron chi connectivity index (χ0n) is 9.83. The second-order valence-electron chi connectivity index (χ2n) is 5.11. The highest BCUT2D eigenvalue weighted by molar-refractivity contribution is 7.91. The van der Waals surface area contributed by atoms with Gasteiger partial charge in [0.2, 0.25) is 0 Å². The minimum absolute atomic E-state index is 0.0566. The SMILES string of the molecule is CCC(C)CS(=O)(=O)CC1(CCN)CC1. The van der Waals surface area contributed by atoms with Crippen molar-refractivity contribution in [1.82, 2.24) is 0 Å². The van der Waals surface area contributed by atoms with Gasteiger partial charge < -0.3 is 5.73 Å². The molecule has 1 unspecified atom stereocenters. The van der Waals surface area contributed by atoms with Crippen LogP contribution in [0.1, 0.15) is 39.5 Å². The second kappa shape index (κ2) is 4.83. The quantitative estimate of drug-likeness (QED) is 0.726. The zero-order valence-corrected chi connectivity index (χ0v) is 10.6. The van der Waals surface area contributed by atoms with Gasteiger partial charge in [-0.1, -0.05) is 20.3 Å². The molecule has 1 saturated carbocycles. The fraction of sp³-hybridized carbons (Fsp3) is 1.00. The van der Waals surface area contributed by atoms with Crippen molar-refractivity contribution in [2.24, 2.45) is 17.1 Å². The van der Waals surface area contributed by atoms with Crippen molar-refractivity contribution >= 4 is 9.84 Å². The van der Waals surface area contributed by atoms with E-state index in [1.54, 1.807) is 0 Å². The monoisotopic (exact) mass is 233 g/mol. The van der Waals surface area contributed by atoms with Gasteiger partial charge in [0.1, 0.15) is 0 Å². The highest BCUT2D eigenvalue weighted by Crippen LogP contribution is 2.49. The van der Waals surface area contributed by atoms with Crippen molar-refractivity contribution in [3.8, 4) is 0 Å². The molecule has 4 heteroatoms. The summed E-state index contributed by atoms with van der Waals surface area (Å²) in [6.07, 6.45) is 3.89. The Kier molecular flexibility index (Phi) is 4.18. The van der Waals surface area contributed by atoms with Gasteiger partial charge in [-0.2, -0.15) is 0 Å². The third kappa shape index (κ3) is 4.11. The fourth-order valence-corrected chi connectivity index (χ4v) is 4.61. The predicted molar refractivity (Wildman–Crippen MR) is 63.4 cm³/mol. The Labute approximate surface area is 93.3 Å². The lowest BCUT2D eigenvalue weighted by molar-refractivity contribution is 0.503. The van der Waals surface area contributed by atoms with Crippen LogP contribution in [-0.4, -0.2) is 26.5 Å². The molecule has 1 atom stereocenters. The average molecular weight is 233 g/mol. The second-order valence-corrected chi connectivity index (χ2v) is 7.22. The van der Waals surface area contributed by atoms with Gasteiger partial charge in [-0.15, -0.1) is 0 Å². The first kappa shape index (κ1) is 13.0. The smallest absolute Gasteiger partial charge is 0.151 e. The van der Waals surface area contributed by atoms with Crippen molar-refractivity contribution in [2.45, 2.75) is 39.5 Å². The number of sulfone groups is 1. The minimum Gasteiger partial charge on any atom is -0.330 e. The van der Waals surface area contributed by atoms with Crippen LogP contribution in [0, 0.1) is 11.3 Å². The Morgan fingerprint density at radius 2 is 2.00 bits per heavy atom. The fourth-order valence-electron chi connectivity index (χ4n) is 2.03. The first-order valence-electron chi connectivity index (χ1n) is 5.83. The molecule has 0 spiro atoms. The van der Waals surface area contributed by atoms with Crippen LogP contribution in [0.25, 0.3) is 0 Å². The molecule has 0 heterocycles. The topological polar surface area (TPSA) is 60.2 Å². The Bertz CT molecular complexity index is 294. The van der Waals surface area contributed by atoms with Crippen LogP contribution in [0.15, 0.2) is 0 Å². The van der Waals surface area contributed by atoms with Crippen molar-refractivity contribution < 1.29 is 8.42 Å². The van der Waals surface area contributed by atoms with Crippen LogP contribution in [0.2, 0.25) is 0 Å². The molecule has 1 aliphatic carbocycles. The normalized spacial score (nSPS) is 21.3. The van der Waals surface area contributed by atoms with Crippen molar-refractivity contribution in [1.29, 1.82) is 0 Å². The summed E-state index contributed by atoms with van der Waals surface area (Å²) in [5.41, 5.74) is 5.56. The summed E-state index contributed by atoms with van der Waals surface area (Å²) in [6.45, 7) is 4.64. The minimum atomic E-state index is -2.87. The molecule has 0 aromatic rings. The molecule has 0 aromatic heterocycles. The molecule has 15 heavy (non-hydrogen) atoms. The molecule has 0 bridgehead atoms. The Balaban J connectivity index is 2.49. The van der Waals surface area contributed by atoms with E-state index in [4.69, 9.17) is 5.73 Å². The summed E-state index contributed by atoms with van der Waals surface area (Å²) >= 11 is 0. The van der Waals surface area contributed by atoms with Gasteiger partial charge in [0.15, 0.2) is 9.84 Å². The van der Waals surface area contributed by atoms with E-state index >= 15 is 0 Å². The number of rotatable bonds is 7. The summed E-state index contributed by atoms with van der Waals surface area (Å²) in [7, 11) is -2.87. The van der Waals surface area contributed by atoms with Crippen molar-refractivity contribution in [3.05, 3.63) is 0 Å². The van der Waals surface area contributed by atoms with Gasteiger partial charge in [0, 0.05) is 0 Å². The standard InChI is InChI=1S/C11H23NO2S/c1-3-10(2)8-15(13,14)9-11(4-5-11)6-7-12/h10H,3-9,12H2,1-2H3. The third-order valence-corrected chi connectivity index (χ3v) is 5.52. The summed E-state index contributed by atoms with van der Waals surface area (Å²) < 4.78 is 23.8. The Hall–Kier alpha value is -0.0900. The van der Waals surface area contributed by atoms with Gasteiger partial charge in [0.05, 0.1) is 11.5 Å². The molecule has 0 amide bonds. The summed E-state index contributed by atoms with van der Waals surface area (Å²) in [4.78, 5) is 0. The van der Waals surface area contributed by atoms with Crippen LogP contribution in [0.4, 0.5) is 0 Å². The van der Waals surface area contributed by atoms with E-state index in [1.165, 1.54) is 0 Å². The lowest BCUT2D eigenvalue weighted by atomic mass is 10.1. The van der Waals surface area contributed by atoms with Crippen LogP contribution in [0.5, 0.6) is 0 Å². The number of hydrogen-bond acceptors (Lipinski definition) is 3.